The maximum Gasteiger partial charge on any atom is 0.350 e. The van der Waals surface area contributed by atoms with Crippen molar-refractivity contribution in [2.24, 2.45) is 11.8 Å². The first-order valence-corrected chi connectivity index (χ1v) is 28.4. The van der Waals surface area contributed by atoms with E-state index in [4.69, 9.17) is 18.4 Å². The van der Waals surface area contributed by atoms with E-state index in [0.29, 0.717) is 31.6 Å². The van der Waals surface area contributed by atoms with Crippen LogP contribution in [0, 0.1) is 42.0 Å². The molecule has 3 saturated heterocycles. The van der Waals surface area contributed by atoms with Crippen molar-refractivity contribution in [3.63, 3.8) is 0 Å². The van der Waals surface area contributed by atoms with E-state index < -0.39 is 50.7 Å². The molecule has 0 saturated carbocycles. The average Bonchev–Trinajstić information content (AvgIpc) is 4.52. The Bertz CT molecular complexity index is 3570. The molecule has 0 bridgehead atoms. The van der Waals surface area contributed by atoms with Gasteiger partial charge < -0.3 is 29.1 Å². The molecule has 0 spiro atoms. The largest absolute Gasteiger partial charge is 0.493 e. The van der Waals surface area contributed by atoms with Gasteiger partial charge in [0.1, 0.15) is 71.9 Å². The number of hydrogen-bond donors (Lipinski definition) is 1. The van der Waals surface area contributed by atoms with Crippen LogP contribution in [0.25, 0.3) is 5.69 Å². The summed E-state index contributed by atoms with van der Waals surface area (Å²) >= 11 is 0. The number of hydrogen-bond acceptors (Lipinski definition) is 15. The van der Waals surface area contributed by atoms with E-state index in [0.717, 1.165) is 72.8 Å². The molecule has 8 aromatic rings. The first kappa shape index (κ1) is 57.5. The Balaban J connectivity index is 0.000000207. The SMILES string of the molecule is CC[C@@H]([C@H](C)O)n1ncn(-c2ccc(N3CCN(c4ccc(OC[C@@H]5CO[C@@](Cn6cncn6)(c6ccc(F)cc6F)C5)cc4)CC3)cc2)c1=O.Cc1ccc(S(=O)(=O)OC[C@@H]2CO[C@@](Cn3cncn3)(c3ccc(F)cc3F)C2)cc1. The molecule has 3 fully saturated rings. The van der Waals surface area contributed by atoms with Gasteiger partial charge in [0.15, 0.2) is 0 Å². The fourth-order valence-electron chi connectivity index (χ4n) is 11.0. The summed E-state index contributed by atoms with van der Waals surface area (Å²) in [5.74, 6) is -2.33. The van der Waals surface area contributed by atoms with Crippen molar-refractivity contribution in [2.45, 2.75) is 81.4 Å². The lowest BCUT2D eigenvalue weighted by molar-refractivity contribution is -0.0209. The topological polar surface area (TPSA) is 199 Å². The lowest BCUT2D eigenvalue weighted by Crippen LogP contribution is -2.46. The monoisotopic (exact) mass is 1150 g/mol. The molecule has 82 heavy (non-hydrogen) atoms. The summed E-state index contributed by atoms with van der Waals surface area (Å²) in [6.07, 6.45) is 7.96. The summed E-state index contributed by atoms with van der Waals surface area (Å²) in [7, 11) is -3.94. The molecule has 19 nitrogen and oxygen atoms in total. The number of nitrogens with zero attached hydrogens (tertiary/aromatic N) is 11. The van der Waals surface area contributed by atoms with Crippen molar-refractivity contribution < 1.29 is 49.5 Å². The zero-order valence-corrected chi connectivity index (χ0v) is 46.2. The highest BCUT2D eigenvalue weighted by atomic mass is 32.2. The van der Waals surface area contributed by atoms with Gasteiger partial charge in [-0.3, -0.25) is 4.18 Å². The van der Waals surface area contributed by atoms with Gasteiger partial charge >= 0.3 is 5.69 Å². The summed E-state index contributed by atoms with van der Waals surface area (Å²) in [6.45, 7) is 9.98. The minimum atomic E-state index is -3.94. The number of aliphatic hydroxyl groups excluding tert-OH is 1. The van der Waals surface area contributed by atoms with Crippen LogP contribution in [0.2, 0.25) is 0 Å². The lowest BCUT2D eigenvalue weighted by atomic mass is 9.87. The molecular weight excluding hydrogens is 1090 g/mol. The van der Waals surface area contributed by atoms with Gasteiger partial charge in [-0.1, -0.05) is 36.8 Å². The molecule has 0 radical (unpaired) electrons. The smallest absolute Gasteiger partial charge is 0.350 e. The molecule has 0 amide bonds. The number of rotatable bonds is 19. The van der Waals surface area contributed by atoms with Crippen LogP contribution < -0.4 is 20.2 Å². The van der Waals surface area contributed by atoms with E-state index in [9.17, 15) is 35.9 Å². The maximum absolute atomic E-state index is 15.0. The summed E-state index contributed by atoms with van der Waals surface area (Å²) in [5.41, 5.74) is 1.87. The fraction of sp³-hybridized carbons (Fsp3) is 0.379. The van der Waals surface area contributed by atoms with Gasteiger partial charge in [-0.2, -0.15) is 23.7 Å². The van der Waals surface area contributed by atoms with Crippen molar-refractivity contribution in [3.05, 3.63) is 191 Å². The number of anilines is 2. The molecule has 0 aliphatic carbocycles. The van der Waals surface area contributed by atoms with Gasteiger partial charge in [0.05, 0.1) is 62.2 Å². The summed E-state index contributed by atoms with van der Waals surface area (Å²) in [6, 6.07) is 28.8. The zero-order chi connectivity index (χ0) is 57.6. The van der Waals surface area contributed by atoms with Crippen LogP contribution in [0.15, 0.2) is 151 Å². The van der Waals surface area contributed by atoms with Crippen LogP contribution in [0.4, 0.5) is 28.9 Å². The van der Waals surface area contributed by atoms with Gasteiger partial charge in [-0.05, 0) is 106 Å². The lowest BCUT2D eigenvalue weighted by Gasteiger charge is -2.37. The highest BCUT2D eigenvalue weighted by Crippen LogP contribution is 2.44. The number of aliphatic hydroxyl groups is 1. The van der Waals surface area contributed by atoms with Gasteiger partial charge in [0.25, 0.3) is 10.1 Å². The predicted molar refractivity (Wildman–Crippen MR) is 294 cm³/mol. The molecular formula is C58H63F4N11O8S. The third-order valence-corrected chi connectivity index (χ3v) is 16.5. The van der Waals surface area contributed by atoms with Crippen molar-refractivity contribution in [2.75, 3.05) is 62.4 Å². The van der Waals surface area contributed by atoms with E-state index in [2.05, 4.69) is 47.2 Å². The molecule has 3 aliphatic rings. The van der Waals surface area contributed by atoms with Crippen molar-refractivity contribution in [1.29, 1.82) is 0 Å². The van der Waals surface area contributed by atoms with Crippen molar-refractivity contribution in [1.82, 2.24) is 43.9 Å². The van der Waals surface area contributed by atoms with E-state index in [1.807, 2.05) is 50.2 Å². The number of benzene rings is 5. The van der Waals surface area contributed by atoms with Crippen molar-refractivity contribution in [3.8, 4) is 11.4 Å². The second-order valence-electron chi connectivity index (χ2n) is 21.0. The molecule has 3 aromatic heterocycles. The fourth-order valence-corrected chi connectivity index (χ4v) is 12.0. The number of piperazine rings is 1. The second kappa shape index (κ2) is 24.8. The molecule has 0 unspecified atom stereocenters. The minimum Gasteiger partial charge on any atom is -0.493 e. The molecule has 24 heteroatoms. The summed E-state index contributed by atoms with van der Waals surface area (Å²) < 4.78 is 111. The van der Waals surface area contributed by atoms with E-state index in [1.54, 1.807) is 30.1 Å². The Morgan fingerprint density at radius 1 is 0.671 bits per heavy atom. The Hall–Kier alpha value is -7.77. The Kier molecular flexibility index (Phi) is 17.3. The number of halogens is 4. The second-order valence-corrected chi connectivity index (χ2v) is 22.6. The maximum atomic E-state index is 15.0. The zero-order valence-electron chi connectivity index (χ0n) is 45.4. The van der Waals surface area contributed by atoms with Gasteiger partial charge in [-0.15, -0.1) is 0 Å². The number of ether oxygens (including phenoxy) is 3. The Labute approximate surface area is 471 Å². The highest BCUT2D eigenvalue weighted by Gasteiger charge is 2.46. The van der Waals surface area contributed by atoms with Crippen LogP contribution in [-0.2, 0) is 48.1 Å². The van der Waals surface area contributed by atoms with Crippen LogP contribution in [0.3, 0.4) is 0 Å². The number of aryl methyl sites for hydroxylation is 1. The van der Waals surface area contributed by atoms with E-state index >= 15 is 0 Å². The molecule has 11 rings (SSSR count). The standard InChI is InChI=1S/C37H42F2N8O4.C21H21F2N3O4S/c1-3-35(26(2)48)47-36(49)46(25-42-47)31-7-5-29(6-8-31)43-14-16-44(17-15-43)30-9-11-32(12-10-30)50-20-27-19-37(51-21-27,22-45-24-40-23-41-45)33-13-4-28(38)18-34(33)39;1-15-2-5-18(6-3-15)31(27,28)30-11-16-9-21(29-10-16,12-26-14-24-13-25-26)19-7-4-17(22)8-20(19)23/h4-13,18,23-27,35,48H,3,14-17,19-22H2,1-2H3;2-8,13-14,16H,9-12H2,1H3/t26-,27+,35-,37-;16-,21-/m00/s1. The van der Waals surface area contributed by atoms with Crippen molar-refractivity contribution >= 4 is 21.5 Å². The average molecular weight is 1150 g/mol. The third kappa shape index (κ3) is 12.9. The summed E-state index contributed by atoms with van der Waals surface area (Å²) in [4.78, 5) is 25.6. The quantitative estimate of drug-likeness (QED) is 0.0608. The summed E-state index contributed by atoms with van der Waals surface area (Å²) in [5, 5.41) is 22.5. The van der Waals surface area contributed by atoms with Crippen LogP contribution in [-0.4, -0.2) is 116 Å². The Morgan fingerprint density at radius 2 is 1.17 bits per heavy atom. The number of aromatic nitrogens is 9. The first-order valence-electron chi connectivity index (χ1n) is 27.0. The third-order valence-electron chi connectivity index (χ3n) is 15.3. The van der Waals surface area contributed by atoms with E-state index in [1.165, 1.54) is 69.6 Å². The molecule has 432 valence electrons. The normalized spacial score (nSPS) is 20.8. The van der Waals surface area contributed by atoms with Gasteiger partial charge in [-0.25, -0.2) is 50.9 Å². The molecule has 1 N–H and O–H groups in total. The highest BCUT2D eigenvalue weighted by molar-refractivity contribution is 7.86. The van der Waals surface area contributed by atoms with Gasteiger partial charge in [0.2, 0.25) is 0 Å². The molecule has 6 heterocycles. The Morgan fingerprint density at radius 3 is 1.65 bits per heavy atom. The molecule has 3 aliphatic heterocycles. The molecule has 5 aromatic carbocycles. The van der Waals surface area contributed by atoms with Crippen LogP contribution in [0.5, 0.6) is 5.75 Å². The van der Waals surface area contributed by atoms with Crippen LogP contribution >= 0.6 is 0 Å². The van der Waals surface area contributed by atoms with E-state index in [-0.39, 0.29) is 66.8 Å². The molecule has 6 atom stereocenters. The van der Waals surface area contributed by atoms with Gasteiger partial charge in [0, 0.05) is 72.6 Å². The minimum absolute atomic E-state index is 0.0121. The first-order chi connectivity index (χ1) is 39.5. The predicted octanol–water partition coefficient (Wildman–Crippen LogP) is 7.78. The van der Waals surface area contributed by atoms with Crippen LogP contribution in [0.1, 0.15) is 55.8 Å².